The lowest BCUT2D eigenvalue weighted by atomic mass is 10.1. The van der Waals surface area contributed by atoms with Gasteiger partial charge in [0.05, 0.1) is 12.7 Å². The van der Waals surface area contributed by atoms with Crippen molar-refractivity contribution in [2.75, 3.05) is 12.4 Å². The third-order valence-corrected chi connectivity index (χ3v) is 3.16. The van der Waals surface area contributed by atoms with Crippen molar-refractivity contribution in [2.45, 2.75) is 19.6 Å². The molecule has 21 heavy (non-hydrogen) atoms. The van der Waals surface area contributed by atoms with E-state index in [9.17, 15) is 9.90 Å². The van der Waals surface area contributed by atoms with Crippen LogP contribution in [0, 0.1) is 0 Å². The first-order chi connectivity index (χ1) is 10.1. The normalized spacial score (nSPS) is 12.0. The molecule has 2 aromatic carbocycles. The molecule has 0 bridgehead atoms. The maximum absolute atomic E-state index is 12.3. The van der Waals surface area contributed by atoms with E-state index in [2.05, 4.69) is 5.32 Å². The molecule has 2 aromatic rings. The van der Waals surface area contributed by atoms with Crippen LogP contribution in [0.5, 0.6) is 0 Å². The Morgan fingerprint density at radius 1 is 1.24 bits per heavy atom. The molecular formula is C17H19NO3. The predicted molar refractivity (Wildman–Crippen MR) is 82.2 cm³/mol. The summed E-state index contributed by atoms with van der Waals surface area (Å²) in [5, 5.41) is 12.6. The SMILES string of the molecule is COCc1cccc(C(=O)Nc2ccccc2C(C)O)c1. The van der Waals surface area contributed by atoms with E-state index in [4.69, 9.17) is 4.74 Å². The first-order valence-electron chi connectivity index (χ1n) is 6.78. The predicted octanol–water partition coefficient (Wildman–Crippen LogP) is 3.14. The fourth-order valence-corrected chi connectivity index (χ4v) is 2.14. The third kappa shape index (κ3) is 3.90. The number of para-hydroxylation sites is 1. The molecule has 0 radical (unpaired) electrons. The summed E-state index contributed by atoms with van der Waals surface area (Å²) in [5.74, 6) is -0.207. The quantitative estimate of drug-likeness (QED) is 0.887. The summed E-state index contributed by atoms with van der Waals surface area (Å²) >= 11 is 0. The van der Waals surface area contributed by atoms with Crippen LogP contribution >= 0.6 is 0 Å². The van der Waals surface area contributed by atoms with Crippen LogP contribution in [-0.2, 0) is 11.3 Å². The number of benzene rings is 2. The van der Waals surface area contributed by atoms with Crippen LogP contribution in [0.4, 0.5) is 5.69 Å². The molecule has 0 aliphatic carbocycles. The molecule has 0 spiro atoms. The van der Waals surface area contributed by atoms with Crippen LogP contribution in [0.3, 0.4) is 0 Å². The maximum atomic E-state index is 12.3. The van der Waals surface area contributed by atoms with Gasteiger partial charge in [0.15, 0.2) is 0 Å². The van der Waals surface area contributed by atoms with E-state index in [1.165, 1.54) is 0 Å². The fraction of sp³-hybridized carbons (Fsp3) is 0.235. The molecule has 1 amide bonds. The number of rotatable bonds is 5. The number of carbonyl (C=O) groups is 1. The Balaban J connectivity index is 2.20. The summed E-state index contributed by atoms with van der Waals surface area (Å²) in [4.78, 5) is 12.3. The molecule has 0 heterocycles. The fourth-order valence-electron chi connectivity index (χ4n) is 2.14. The molecular weight excluding hydrogens is 266 g/mol. The van der Waals surface area contributed by atoms with Gasteiger partial charge in [0.2, 0.25) is 0 Å². The molecule has 4 heteroatoms. The molecule has 1 atom stereocenters. The Morgan fingerprint density at radius 2 is 2.00 bits per heavy atom. The average Bonchev–Trinajstić information content (AvgIpc) is 2.48. The number of hydrogen-bond acceptors (Lipinski definition) is 3. The number of hydrogen-bond donors (Lipinski definition) is 2. The molecule has 0 aliphatic heterocycles. The van der Waals surface area contributed by atoms with Gasteiger partial charge >= 0.3 is 0 Å². The molecule has 110 valence electrons. The van der Waals surface area contributed by atoms with Gasteiger partial charge in [0.25, 0.3) is 5.91 Å². The van der Waals surface area contributed by atoms with Crippen LogP contribution in [0.1, 0.15) is 34.5 Å². The lowest BCUT2D eigenvalue weighted by Gasteiger charge is -2.13. The number of amides is 1. The van der Waals surface area contributed by atoms with Gasteiger partial charge in [-0.05, 0) is 30.7 Å². The monoisotopic (exact) mass is 285 g/mol. The number of anilines is 1. The van der Waals surface area contributed by atoms with Gasteiger partial charge in [-0.15, -0.1) is 0 Å². The van der Waals surface area contributed by atoms with Crippen LogP contribution < -0.4 is 5.32 Å². The first-order valence-corrected chi connectivity index (χ1v) is 6.78. The lowest BCUT2D eigenvalue weighted by molar-refractivity contribution is 0.102. The van der Waals surface area contributed by atoms with E-state index < -0.39 is 6.10 Å². The maximum Gasteiger partial charge on any atom is 0.255 e. The Kier molecular flexibility index (Phi) is 5.09. The molecule has 0 saturated carbocycles. The van der Waals surface area contributed by atoms with Crippen molar-refractivity contribution in [1.82, 2.24) is 0 Å². The van der Waals surface area contributed by atoms with E-state index >= 15 is 0 Å². The number of methoxy groups -OCH3 is 1. The van der Waals surface area contributed by atoms with Crippen molar-refractivity contribution < 1.29 is 14.6 Å². The van der Waals surface area contributed by atoms with E-state index in [1.54, 1.807) is 38.3 Å². The Labute approximate surface area is 124 Å². The van der Waals surface area contributed by atoms with E-state index in [0.29, 0.717) is 23.4 Å². The third-order valence-electron chi connectivity index (χ3n) is 3.16. The van der Waals surface area contributed by atoms with E-state index in [0.717, 1.165) is 5.56 Å². The lowest BCUT2D eigenvalue weighted by Crippen LogP contribution is -2.14. The standard InChI is InChI=1S/C17H19NO3/c1-12(19)15-8-3-4-9-16(15)18-17(20)14-7-5-6-13(10-14)11-21-2/h3-10,12,19H,11H2,1-2H3,(H,18,20). The van der Waals surface area contributed by atoms with Crippen molar-refractivity contribution in [3.8, 4) is 0 Å². The number of carbonyl (C=O) groups excluding carboxylic acids is 1. The van der Waals surface area contributed by atoms with Crippen LogP contribution in [0.15, 0.2) is 48.5 Å². The minimum absolute atomic E-state index is 0.207. The zero-order valence-electron chi connectivity index (χ0n) is 12.2. The van der Waals surface area contributed by atoms with Gasteiger partial charge in [-0.1, -0.05) is 30.3 Å². The average molecular weight is 285 g/mol. The molecule has 2 N–H and O–H groups in total. The molecule has 0 fully saturated rings. The summed E-state index contributed by atoms with van der Waals surface area (Å²) in [5.41, 5.74) is 2.81. The highest BCUT2D eigenvalue weighted by Crippen LogP contribution is 2.22. The number of aliphatic hydroxyl groups is 1. The molecule has 0 aromatic heterocycles. The summed E-state index contributed by atoms with van der Waals surface area (Å²) in [7, 11) is 1.62. The van der Waals surface area contributed by atoms with Gasteiger partial charge in [-0.2, -0.15) is 0 Å². The van der Waals surface area contributed by atoms with Gasteiger partial charge < -0.3 is 15.2 Å². The van der Waals surface area contributed by atoms with Crippen molar-refractivity contribution in [3.63, 3.8) is 0 Å². The van der Waals surface area contributed by atoms with E-state index in [1.807, 2.05) is 24.3 Å². The first kappa shape index (κ1) is 15.2. The Bertz CT molecular complexity index is 623. The number of nitrogens with one attached hydrogen (secondary N) is 1. The van der Waals surface area contributed by atoms with Crippen molar-refractivity contribution in [1.29, 1.82) is 0 Å². The summed E-state index contributed by atoms with van der Waals surface area (Å²) in [6.07, 6.45) is -0.638. The summed E-state index contributed by atoms with van der Waals surface area (Å²) in [6.45, 7) is 2.13. The van der Waals surface area contributed by atoms with Crippen LogP contribution in [0.2, 0.25) is 0 Å². The highest BCUT2D eigenvalue weighted by atomic mass is 16.5. The zero-order valence-corrected chi connectivity index (χ0v) is 12.2. The Morgan fingerprint density at radius 3 is 2.71 bits per heavy atom. The summed E-state index contributed by atoms with van der Waals surface area (Å²) < 4.78 is 5.07. The van der Waals surface area contributed by atoms with Crippen LogP contribution in [0.25, 0.3) is 0 Å². The van der Waals surface area contributed by atoms with Crippen molar-refractivity contribution >= 4 is 11.6 Å². The van der Waals surface area contributed by atoms with Gasteiger partial charge in [-0.3, -0.25) is 4.79 Å². The van der Waals surface area contributed by atoms with Gasteiger partial charge in [-0.25, -0.2) is 0 Å². The van der Waals surface area contributed by atoms with Crippen molar-refractivity contribution in [2.24, 2.45) is 0 Å². The number of ether oxygens (including phenoxy) is 1. The van der Waals surface area contributed by atoms with Gasteiger partial charge in [0.1, 0.15) is 0 Å². The highest BCUT2D eigenvalue weighted by Gasteiger charge is 2.11. The molecule has 2 rings (SSSR count). The summed E-state index contributed by atoms with van der Waals surface area (Å²) in [6, 6.07) is 14.5. The molecule has 0 aliphatic rings. The second-order valence-corrected chi connectivity index (χ2v) is 4.85. The van der Waals surface area contributed by atoms with E-state index in [-0.39, 0.29) is 5.91 Å². The number of aliphatic hydroxyl groups excluding tert-OH is 1. The zero-order chi connectivity index (χ0) is 15.2. The Hall–Kier alpha value is -2.17. The minimum atomic E-state index is -0.638. The smallest absolute Gasteiger partial charge is 0.255 e. The highest BCUT2D eigenvalue weighted by molar-refractivity contribution is 6.04. The second kappa shape index (κ2) is 7.02. The van der Waals surface area contributed by atoms with Crippen molar-refractivity contribution in [3.05, 3.63) is 65.2 Å². The topological polar surface area (TPSA) is 58.6 Å². The molecule has 0 saturated heterocycles. The van der Waals surface area contributed by atoms with Gasteiger partial charge in [0, 0.05) is 23.9 Å². The second-order valence-electron chi connectivity index (χ2n) is 4.85. The minimum Gasteiger partial charge on any atom is -0.389 e. The van der Waals surface area contributed by atoms with Crippen LogP contribution in [-0.4, -0.2) is 18.1 Å². The largest absolute Gasteiger partial charge is 0.389 e. The molecule has 4 nitrogen and oxygen atoms in total. The molecule has 1 unspecified atom stereocenters.